The van der Waals surface area contributed by atoms with Crippen LogP contribution in [0, 0.1) is 0 Å². The number of β-lactam (4-membered cyclic amide) rings is 1. The molecule has 2 aromatic heterocycles. The number of carbonyl (C=O) groups is 4. The number of nitrogens with one attached hydrogen (secondary N) is 1. The van der Waals surface area contributed by atoms with E-state index >= 15 is 0 Å². The molecule has 2 aromatic rings. The van der Waals surface area contributed by atoms with Gasteiger partial charge in [0.1, 0.15) is 24.2 Å². The Bertz CT molecular complexity index is 1210. The number of thioether (sulfide) groups is 2. The summed E-state index contributed by atoms with van der Waals surface area (Å²) in [4.78, 5) is 59.4. The van der Waals surface area contributed by atoms with E-state index < -0.39 is 29.2 Å². The molecule has 1 saturated heterocycles. The smallest absolute Gasteiger partial charge is 0.543 e. The molecule has 178 valence electrons. The number of oxime groups is 1. The third-order valence-corrected chi connectivity index (χ3v) is 7.76. The van der Waals surface area contributed by atoms with Crippen molar-refractivity contribution in [3.8, 4) is 0 Å². The predicted octanol–water partition coefficient (Wildman–Crippen LogP) is -3.35. The van der Waals surface area contributed by atoms with Crippen LogP contribution in [0.3, 0.4) is 0 Å². The standard InChI is InChI=1S/C19H17N5O7S3.Na/c1-30-23-11(9-7-34-19(20)21-9)14(25)22-12-15(26)24-13(17(27)28)8(5-32-16(12)24)6-33-18(29)10-3-2-4-31-10;/h2-4,7,12,16H,5-6H2,1H3,(H2,20,21)(H,22,25)(H,27,28);/q;+1/p-1/b23-11-;/t12-,16+;/m1./s1. The molecule has 4 rings (SSSR count). The Morgan fingerprint density at radius 1 is 1.46 bits per heavy atom. The van der Waals surface area contributed by atoms with E-state index in [1.165, 1.54) is 36.6 Å². The molecule has 0 radical (unpaired) electrons. The van der Waals surface area contributed by atoms with E-state index in [4.69, 9.17) is 15.0 Å². The van der Waals surface area contributed by atoms with Crippen molar-refractivity contribution in [3.63, 3.8) is 0 Å². The number of nitrogen functional groups attached to an aromatic ring is 1. The van der Waals surface area contributed by atoms with Crippen LogP contribution in [0.15, 0.2) is 44.6 Å². The molecule has 0 aliphatic carbocycles. The number of carboxylic acids is 1. The number of carboxylic acid groups (broad SMARTS) is 1. The molecule has 2 atom stereocenters. The van der Waals surface area contributed by atoms with Crippen LogP contribution >= 0.6 is 34.9 Å². The summed E-state index contributed by atoms with van der Waals surface area (Å²) in [5.41, 5.74) is 5.68. The number of anilines is 1. The number of furan rings is 1. The summed E-state index contributed by atoms with van der Waals surface area (Å²) in [6, 6.07) is 2.08. The maximum absolute atomic E-state index is 12.8. The number of rotatable bonds is 8. The van der Waals surface area contributed by atoms with E-state index in [0.29, 0.717) is 5.57 Å². The van der Waals surface area contributed by atoms with Crippen LogP contribution in [0.5, 0.6) is 0 Å². The molecule has 16 heteroatoms. The van der Waals surface area contributed by atoms with Crippen molar-refractivity contribution < 1.29 is 63.1 Å². The summed E-state index contributed by atoms with van der Waals surface area (Å²) in [7, 11) is 1.25. The third-order valence-electron chi connectivity index (χ3n) is 4.79. The summed E-state index contributed by atoms with van der Waals surface area (Å²) in [5.74, 6) is -2.48. The van der Waals surface area contributed by atoms with Crippen LogP contribution in [0.2, 0.25) is 0 Å². The number of nitrogens with two attached hydrogens (primary N) is 1. The number of fused-ring (bicyclic) bond motifs is 1. The Labute approximate surface area is 233 Å². The third kappa shape index (κ3) is 5.59. The van der Waals surface area contributed by atoms with Crippen LogP contribution < -0.4 is 45.7 Å². The van der Waals surface area contributed by atoms with E-state index in [1.807, 2.05) is 0 Å². The number of aliphatic carboxylic acids is 1. The minimum atomic E-state index is -1.54. The molecule has 0 saturated carbocycles. The predicted molar refractivity (Wildman–Crippen MR) is 123 cm³/mol. The first-order valence-corrected chi connectivity index (χ1v) is 12.4. The quantitative estimate of drug-likeness (QED) is 0.146. The van der Waals surface area contributed by atoms with Crippen LogP contribution in [0.4, 0.5) is 5.13 Å². The monoisotopic (exact) mass is 545 g/mol. The van der Waals surface area contributed by atoms with Gasteiger partial charge in [0.05, 0.1) is 17.9 Å². The molecule has 3 N–H and O–H groups in total. The van der Waals surface area contributed by atoms with Gasteiger partial charge in [-0.3, -0.25) is 19.3 Å². The maximum Gasteiger partial charge on any atom is 1.00 e. The second kappa shape index (κ2) is 11.6. The molecule has 35 heavy (non-hydrogen) atoms. The van der Waals surface area contributed by atoms with Crippen molar-refractivity contribution in [2.45, 2.75) is 11.4 Å². The van der Waals surface area contributed by atoms with E-state index in [2.05, 4.69) is 15.5 Å². The summed E-state index contributed by atoms with van der Waals surface area (Å²) in [6.07, 6.45) is 1.36. The fourth-order valence-electron chi connectivity index (χ4n) is 3.30. The summed E-state index contributed by atoms with van der Waals surface area (Å²) in [6.45, 7) is 0. The van der Waals surface area contributed by atoms with Gasteiger partial charge in [-0.05, 0) is 17.7 Å². The molecule has 0 unspecified atom stereocenters. The Balaban J connectivity index is 0.00000342. The molecule has 2 amide bonds. The zero-order chi connectivity index (χ0) is 24.4. The van der Waals surface area contributed by atoms with Gasteiger partial charge in [-0.15, -0.1) is 23.1 Å². The van der Waals surface area contributed by atoms with Gasteiger partial charge in [0.15, 0.2) is 16.6 Å². The van der Waals surface area contributed by atoms with Crippen molar-refractivity contribution in [2.24, 2.45) is 5.16 Å². The summed E-state index contributed by atoms with van der Waals surface area (Å²) in [5, 5.41) is 18.8. The van der Waals surface area contributed by atoms with Crippen LogP contribution in [-0.4, -0.2) is 68.5 Å². The number of nitrogens with zero attached hydrogens (tertiary/aromatic N) is 3. The van der Waals surface area contributed by atoms with Crippen LogP contribution in [-0.2, 0) is 19.2 Å². The van der Waals surface area contributed by atoms with Crippen molar-refractivity contribution in [1.29, 1.82) is 0 Å². The summed E-state index contributed by atoms with van der Waals surface area (Å²) >= 11 is 3.22. The molecule has 4 heterocycles. The van der Waals surface area contributed by atoms with E-state index in [1.54, 1.807) is 6.07 Å². The van der Waals surface area contributed by atoms with Gasteiger partial charge in [0.2, 0.25) is 0 Å². The number of aromatic nitrogens is 1. The average molecular weight is 546 g/mol. The second-order valence-electron chi connectivity index (χ2n) is 6.85. The van der Waals surface area contributed by atoms with Crippen LogP contribution in [0.25, 0.3) is 0 Å². The number of thiazole rings is 1. The van der Waals surface area contributed by atoms with Gasteiger partial charge < -0.3 is 30.2 Å². The maximum atomic E-state index is 12.8. The van der Waals surface area contributed by atoms with Gasteiger partial charge in [-0.25, -0.2) is 4.98 Å². The fourth-order valence-corrected chi connectivity index (χ4v) is 6.13. The van der Waals surface area contributed by atoms with Crippen molar-refractivity contribution >= 4 is 68.6 Å². The Morgan fingerprint density at radius 2 is 2.23 bits per heavy atom. The zero-order valence-electron chi connectivity index (χ0n) is 18.4. The number of amides is 2. The van der Waals surface area contributed by atoms with Gasteiger partial charge >= 0.3 is 29.6 Å². The van der Waals surface area contributed by atoms with Crippen molar-refractivity contribution in [2.75, 3.05) is 24.3 Å². The Morgan fingerprint density at radius 3 is 2.83 bits per heavy atom. The van der Waals surface area contributed by atoms with E-state index in [-0.39, 0.29) is 74.2 Å². The first kappa shape index (κ1) is 27.3. The largest absolute Gasteiger partial charge is 1.00 e. The molecule has 12 nitrogen and oxygen atoms in total. The molecule has 0 bridgehead atoms. The number of carbonyl (C=O) groups excluding carboxylic acids is 4. The Kier molecular flexibility index (Phi) is 9.06. The van der Waals surface area contributed by atoms with Gasteiger partial charge in [-0.1, -0.05) is 16.9 Å². The summed E-state index contributed by atoms with van der Waals surface area (Å²) < 4.78 is 5.04. The van der Waals surface area contributed by atoms with Gasteiger partial charge in [0, 0.05) is 16.9 Å². The van der Waals surface area contributed by atoms with Crippen molar-refractivity contribution in [1.82, 2.24) is 15.2 Å². The first-order valence-electron chi connectivity index (χ1n) is 9.53. The minimum Gasteiger partial charge on any atom is -0.543 e. The Hall–Kier alpha value is -2.30. The molecule has 0 spiro atoms. The molecule has 0 aromatic carbocycles. The minimum absolute atomic E-state index is 0. The van der Waals surface area contributed by atoms with Gasteiger partial charge in [-0.2, -0.15) is 0 Å². The number of hydrogen-bond acceptors (Lipinski definition) is 13. The SMILES string of the molecule is CO/N=C(\C(=O)N[C@@H]1C(=O)N2C(C(=O)[O-])=C(CSC(=O)c3ccco3)CS[C@@H]12)c1csc(N)n1.[Na+]. The fraction of sp³-hybridized carbons (Fsp3) is 0.263. The van der Waals surface area contributed by atoms with E-state index in [9.17, 15) is 24.3 Å². The molecule has 2 aliphatic heterocycles. The molecule has 1 fully saturated rings. The molecular weight excluding hydrogens is 529 g/mol. The van der Waals surface area contributed by atoms with Gasteiger partial charge in [0.25, 0.3) is 16.9 Å². The van der Waals surface area contributed by atoms with E-state index in [0.717, 1.165) is 28.0 Å². The van der Waals surface area contributed by atoms with Crippen LogP contribution in [0.1, 0.15) is 16.2 Å². The number of hydrogen-bond donors (Lipinski definition) is 2. The normalized spacial score (nSPS) is 19.4. The topological polar surface area (TPSA) is 180 Å². The molecular formula is C19H16N5NaO7S3. The van der Waals surface area contributed by atoms with Crippen molar-refractivity contribution in [3.05, 3.63) is 46.5 Å². The second-order valence-corrected chi connectivity index (χ2v) is 9.79. The first-order chi connectivity index (χ1) is 16.3. The zero-order valence-corrected chi connectivity index (χ0v) is 22.8. The average Bonchev–Trinajstić information content (AvgIpc) is 3.50. The molecule has 2 aliphatic rings.